The number of benzene rings is 1. The van der Waals surface area contributed by atoms with Gasteiger partial charge in [-0.2, -0.15) is 15.2 Å². The number of H-pyrrole nitrogens is 1. The Bertz CT molecular complexity index is 1410. The first-order chi connectivity index (χ1) is 18.7. The molecule has 11 nitrogen and oxygen atoms in total. The number of hydrogen-bond donors (Lipinski definition) is 3. The summed E-state index contributed by atoms with van der Waals surface area (Å²) < 4.78 is 7.29. The number of ether oxygens (including phenoxy) is 1. The molecule has 39 heavy (non-hydrogen) atoms. The van der Waals surface area contributed by atoms with Crippen LogP contribution >= 0.6 is 0 Å². The van der Waals surface area contributed by atoms with Gasteiger partial charge in [0.2, 0.25) is 5.95 Å². The molecule has 1 aliphatic heterocycles. The Morgan fingerprint density at radius 3 is 2.62 bits per heavy atom. The molecule has 1 aliphatic rings. The van der Waals surface area contributed by atoms with E-state index in [1.807, 2.05) is 55.9 Å². The van der Waals surface area contributed by atoms with Crippen LogP contribution < -0.4 is 15.5 Å². The van der Waals surface area contributed by atoms with Crippen molar-refractivity contribution in [2.45, 2.75) is 71.6 Å². The molecular formula is C28H37N9O2. The number of alkyl carbamates (subject to hydrolysis) is 1. The Labute approximate surface area is 228 Å². The van der Waals surface area contributed by atoms with Crippen molar-refractivity contribution < 1.29 is 9.53 Å². The monoisotopic (exact) mass is 531 g/mol. The van der Waals surface area contributed by atoms with Gasteiger partial charge >= 0.3 is 6.09 Å². The predicted octanol–water partition coefficient (Wildman–Crippen LogP) is 4.77. The number of carbonyl (C=O) groups excluding carboxylic acids is 1. The van der Waals surface area contributed by atoms with Crippen molar-refractivity contribution in [1.82, 2.24) is 35.3 Å². The van der Waals surface area contributed by atoms with Gasteiger partial charge in [0.1, 0.15) is 16.6 Å². The number of anilines is 2. The van der Waals surface area contributed by atoms with Crippen molar-refractivity contribution in [3.8, 4) is 5.69 Å². The SMILES string of the molecule is CC(C)c1n[nH]c2c(NCc3ccccc3-n3cccn3)nc(N3CCC(NC(=O)OC(C)(C)C)CC3)nc12. The summed E-state index contributed by atoms with van der Waals surface area (Å²) >= 11 is 0. The Morgan fingerprint density at radius 1 is 1.15 bits per heavy atom. The van der Waals surface area contributed by atoms with Crippen LogP contribution in [0.5, 0.6) is 0 Å². The van der Waals surface area contributed by atoms with Crippen molar-refractivity contribution in [1.29, 1.82) is 0 Å². The van der Waals surface area contributed by atoms with Crippen molar-refractivity contribution in [3.05, 3.63) is 54.0 Å². The van der Waals surface area contributed by atoms with Crippen molar-refractivity contribution in [2.24, 2.45) is 0 Å². The van der Waals surface area contributed by atoms with Crippen LogP contribution in [0.4, 0.5) is 16.6 Å². The summed E-state index contributed by atoms with van der Waals surface area (Å²) in [5.74, 6) is 1.57. The van der Waals surface area contributed by atoms with E-state index >= 15 is 0 Å². The van der Waals surface area contributed by atoms with Crippen LogP contribution in [0.15, 0.2) is 42.7 Å². The van der Waals surface area contributed by atoms with Crippen LogP contribution in [-0.2, 0) is 11.3 Å². The molecule has 4 heterocycles. The number of aromatic amines is 1. The van der Waals surface area contributed by atoms with Crippen LogP contribution in [0.2, 0.25) is 0 Å². The van der Waals surface area contributed by atoms with Gasteiger partial charge < -0.3 is 20.3 Å². The number of hydrogen-bond acceptors (Lipinski definition) is 8. The zero-order chi connectivity index (χ0) is 27.6. The van der Waals surface area contributed by atoms with Crippen LogP contribution in [0.25, 0.3) is 16.7 Å². The van der Waals surface area contributed by atoms with Crippen molar-refractivity contribution in [2.75, 3.05) is 23.3 Å². The van der Waals surface area contributed by atoms with E-state index in [0.29, 0.717) is 18.3 Å². The van der Waals surface area contributed by atoms with E-state index in [1.54, 1.807) is 6.20 Å². The smallest absolute Gasteiger partial charge is 0.407 e. The molecule has 1 aromatic carbocycles. The molecule has 4 aromatic rings. The highest BCUT2D eigenvalue weighted by molar-refractivity contribution is 5.88. The number of nitrogens with one attached hydrogen (secondary N) is 3. The van der Waals surface area contributed by atoms with E-state index in [0.717, 1.165) is 53.9 Å². The van der Waals surface area contributed by atoms with E-state index < -0.39 is 5.60 Å². The third-order valence-corrected chi connectivity index (χ3v) is 6.66. The van der Waals surface area contributed by atoms with Gasteiger partial charge in [-0.25, -0.2) is 14.5 Å². The van der Waals surface area contributed by atoms with Crippen LogP contribution in [0, 0.1) is 0 Å². The average molecular weight is 532 g/mol. The maximum atomic E-state index is 12.2. The molecule has 3 aromatic heterocycles. The maximum absolute atomic E-state index is 12.2. The minimum atomic E-state index is -0.519. The molecule has 0 aliphatic carbocycles. The Morgan fingerprint density at radius 2 is 1.92 bits per heavy atom. The lowest BCUT2D eigenvalue weighted by molar-refractivity contribution is 0.0497. The first-order valence-electron chi connectivity index (χ1n) is 13.5. The number of rotatable bonds is 7. The number of piperidine rings is 1. The molecule has 1 saturated heterocycles. The topological polar surface area (TPSA) is 126 Å². The summed E-state index contributed by atoms with van der Waals surface area (Å²) in [7, 11) is 0. The third-order valence-electron chi connectivity index (χ3n) is 6.66. The zero-order valence-corrected chi connectivity index (χ0v) is 23.2. The standard InChI is InChI=1S/C28H37N9O2/c1-18(2)22-23-24(35-34-22)25(29-17-19-9-6-7-10-21(19)37-14-8-13-30-37)33-26(32-23)36-15-11-20(12-16-36)31-27(38)39-28(3,4)5/h6-10,13-14,18,20H,11-12,15-17H2,1-5H3,(H,31,38)(H,34,35)(H,29,32,33). The molecule has 0 atom stereocenters. The number of carbonyl (C=O) groups is 1. The number of para-hydroxylation sites is 1. The summed E-state index contributed by atoms with van der Waals surface area (Å²) in [6, 6.07) is 10.1. The second-order valence-corrected chi connectivity index (χ2v) is 11.2. The summed E-state index contributed by atoms with van der Waals surface area (Å²) in [6.45, 7) is 11.8. The van der Waals surface area contributed by atoms with E-state index in [-0.39, 0.29) is 18.1 Å². The number of aromatic nitrogens is 6. The normalized spacial score (nSPS) is 14.7. The Hall–Kier alpha value is -4.15. The minimum Gasteiger partial charge on any atom is -0.444 e. The van der Waals surface area contributed by atoms with Crippen LogP contribution in [0.1, 0.15) is 64.6 Å². The van der Waals surface area contributed by atoms with E-state index in [1.165, 1.54) is 0 Å². The highest BCUT2D eigenvalue weighted by Crippen LogP contribution is 2.29. The molecule has 5 rings (SSSR count). The highest BCUT2D eigenvalue weighted by Gasteiger charge is 2.26. The molecule has 0 saturated carbocycles. The fourth-order valence-corrected chi connectivity index (χ4v) is 4.75. The molecule has 3 N–H and O–H groups in total. The molecule has 1 amide bonds. The van der Waals surface area contributed by atoms with Gasteiger partial charge in [0.25, 0.3) is 0 Å². The number of nitrogens with zero attached hydrogens (tertiary/aromatic N) is 6. The van der Waals surface area contributed by atoms with E-state index in [9.17, 15) is 4.79 Å². The fraction of sp³-hybridized carbons (Fsp3) is 0.464. The Balaban J connectivity index is 1.36. The van der Waals surface area contributed by atoms with E-state index in [2.05, 4.69) is 50.7 Å². The summed E-state index contributed by atoms with van der Waals surface area (Å²) in [6.07, 6.45) is 4.90. The molecule has 206 valence electrons. The number of amides is 1. The number of fused-ring (bicyclic) bond motifs is 1. The highest BCUT2D eigenvalue weighted by atomic mass is 16.6. The van der Waals surface area contributed by atoms with Gasteiger partial charge in [-0.3, -0.25) is 5.10 Å². The summed E-state index contributed by atoms with van der Waals surface area (Å²) in [5.41, 5.74) is 4.11. The molecule has 0 bridgehead atoms. The molecule has 0 radical (unpaired) electrons. The van der Waals surface area contributed by atoms with Crippen LogP contribution in [-0.4, -0.2) is 60.8 Å². The van der Waals surface area contributed by atoms with Gasteiger partial charge in [-0.15, -0.1) is 0 Å². The first-order valence-corrected chi connectivity index (χ1v) is 13.5. The van der Waals surface area contributed by atoms with Gasteiger partial charge in [0, 0.05) is 38.1 Å². The summed E-state index contributed by atoms with van der Waals surface area (Å²) in [4.78, 5) is 24.3. The van der Waals surface area contributed by atoms with Crippen molar-refractivity contribution >= 4 is 28.9 Å². The molecular weight excluding hydrogens is 494 g/mol. The lowest BCUT2D eigenvalue weighted by atomic mass is 10.1. The van der Waals surface area contributed by atoms with Crippen molar-refractivity contribution in [3.63, 3.8) is 0 Å². The second kappa shape index (κ2) is 10.9. The quantitative estimate of drug-likeness (QED) is 0.311. The molecule has 0 unspecified atom stereocenters. The molecule has 1 fully saturated rings. The lowest BCUT2D eigenvalue weighted by Crippen LogP contribution is -2.46. The van der Waals surface area contributed by atoms with Gasteiger partial charge in [0.15, 0.2) is 5.82 Å². The fourth-order valence-electron chi connectivity index (χ4n) is 4.75. The lowest BCUT2D eigenvalue weighted by Gasteiger charge is -2.33. The van der Waals surface area contributed by atoms with Crippen LogP contribution in [0.3, 0.4) is 0 Å². The first kappa shape index (κ1) is 26.5. The summed E-state index contributed by atoms with van der Waals surface area (Å²) in [5, 5.41) is 18.7. The Kier molecular flexibility index (Phi) is 7.40. The van der Waals surface area contributed by atoms with Gasteiger partial charge in [-0.1, -0.05) is 32.0 Å². The maximum Gasteiger partial charge on any atom is 0.407 e. The van der Waals surface area contributed by atoms with Gasteiger partial charge in [-0.05, 0) is 57.2 Å². The van der Waals surface area contributed by atoms with E-state index in [4.69, 9.17) is 14.7 Å². The zero-order valence-electron chi connectivity index (χ0n) is 23.2. The third kappa shape index (κ3) is 6.13. The molecule has 11 heteroatoms. The predicted molar refractivity (Wildman–Crippen MR) is 151 cm³/mol. The second-order valence-electron chi connectivity index (χ2n) is 11.2. The minimum absolute atomic E-state index is 0.0522. The largest absolute Gasteiger partial charge is 0.444 e. The van der Waals surface area contributed by atoms with Gasteiger partial charge in [0.05, 0.1) is 11.4 Å². The average Bonchev–Trinajstić information content (AvgIpc) is 3.57. The molecule has 0 spiro atoms.